The number of benzene rings is 1. The number of pyridine rings is 1. The largest absolute Gasteiger partial charge is 0.198 e. The van der Waals surface area contributed by atoms with Crippen LogP contribution in [0.15, 0.2) is 36.5 Å². The highest BCUT2D eigenvalue weighted by Crippen LogP contribution is 2.17. The average Bonchev–Trinajstić information content (AvgIpc) is 2.16. The molecule has 1 aromatic heterocycles. The zero-order valence-electron chi connectivity index (χ0n) is 9.91. The highest BCUT2D eigenvalue weighted by atomic mass is 15.0. The average molecular weight is 200 g/mol. The van der Waals surface area contributed by atoms with Gasteiger partial charge >= 0.3 is 0 Å². The molecule has 1 aromatic carbocycles. The van der Waals surface area contributed by atoms with E-state index >= 15 is 0 Å². The molecule has 0 bridgehead atoms. The van der Waals surface area contributed by atoms with Crippen LogP contribution in [0.4, 0.5) is 0 Å². The molecule has 0 saturated heterocycles. The summed E-state index contributed by atoms with van der Waals surface area (Å²) >= 11 is 0. The molecule has 0 spiro atoms. The third-order valence-electron chi connectivity index (χ3n) is 2.84. The fourth-order valence-corrected chi connectivity index (χ4v) is 2.09. The van der Waals surface area contributed by atoms with Crippen molar-refractivity contribution in [3.8, 4) is 0 Å². The van der Waals surface area contributed by atoms with Crippen LogP contribution in [-0.4, -0.2) is 0 Å². The quantitative estimate of drug-likeness (QED) is 0.575. The van der Waals surface area contributed by atoms with Crippen LogP contribution in [0.3, 0.4) is 0 Å². The Morgan fingerprint density at radius 2 is 1.67 bits per heavy atom. The maximum Gasteiger partial charge on any atom is 0.186 e. The maximum absolute atomic E-state index is 2.33. The number of fused-ring (bicyclic) bond motifs is 1. The molecule has 2 aromatic rings. The smallest absolute Gasteiger partial charge is 0.186 e. The summed E-state index contributed by atoms with van der Waals surface area (Å²) in [5, 5.41) is 2.66. The van der Waals surface area contributed by atoms with Crippen molar-refractivity contribution in [2.24, 2.45) is 0 Å². The maximum atomic E-state index is 2.33. The summed E-state index contributed by atoms with van der Waals surface area (Å²) in [6, 6.07) is 10.7. The van der Waals surface area contributed by atoms with Gasteiger partial charge < -0.3 is 0 Å². The van der Waals surface area contributed by atoms with Gasteiger partial charge in [0.2, 0.25) is 0 Å². The first-order valence-corrected chi connectivity index (χ1v) is 5.40. The van der Waals surface area contributed by atoms with Gasteiger partial charge in [-0.2, -0.15) is 4.57 Å². The van der Waals surface area contributed by atoms with Crippen molar-refractivity contribution in [2.75, 3.05) is 0 Å². The second kappa shape index (κ2) is 3.34. The van der Waals surface area contributed by atoms with Crippen molar-refractivity contribution >= 4 is 10.8 Å². The van der Waals surface area contributed by atoms with Gasteiger partial charge in [0, 0.05) is 39.1 Å². The molecular formula is C14H18N+. The summed E-state index contributed by atoms with van der Waals surface area (Å²) in [5.41, 5.74) is 1.48. The van der Waals surface area contributed by atoms with Crippen LogP contribution in [0.1, 0.15) is 26.5 Å². The van der Waals surface area contributed by atoms with Crippen LogP contribution in [0.2, 0.25) is 0 Å². The highest BCUT2D eigenvalue weighted by molar-refractivity contribution is 5.83. The second-order valence-corrected chi connectivity index (χ2v) is 5.03. The van der Waals surface area contributed by atoms with E-state index in [9.17, 15) is 0 Å². The van der Waals surface area contributed by atoms with Crippen molar-refractivity contribution in [1.29, 1.82) is 0 Å². The van der Waals surface area contributed by atoms with E-state index in [1.165, 1.54) is 16.5 Å². The lowest BCUT2D eigenvalue weighted by molar-refractivity contribution is -0.757. The van der Waals surface area contributed by atoms with Crippen molar-refractivity contribution in [1.82, 2.24) is 0 Å². The Hall–Kier alpha value is -1.37. The molecule has 1 heterocycles. The first-order chi connectivity index (χ1) is 7.00. The van der Waals surface area contributed by atoms with Crippen molar-refractivity contribution in [3.63, 3.8) is 0 Å². The molecule has 0 aliphatic rings. The highest BCUT2D eigenvalue weighted by Gasteiger charge is 2.24. The van der Waals surface area contributed by atoms with Crippen molar-refractivity contribution in [2.45, 2.75) is 33.2 Å². The first kappa shape index (κ1) is 10.2. The third-order valence-corrected chi connectivity index (χ3v) is 2.84. The fraction of sp³-hybridized carbons (Fsp3) is 0.357. The van der Waals surface area contributed by atoms with Crippen LogP contribution in [-0.2, 0) is 5.54 Å². The Morgan fingerprint density at radius 3 is 2.33 bits per heavy atom. The third kappa shape index (κ3) is 1.74. The predicted molar refractivity (Wildman–Crippen MR) is 63.9 cm³/mol. The number of nitrogens with zero attached hydrogens (tertiary/aromatic N) is 1. The Balaban J connectivity index is 2.76. The lowest BCUT2D eigenvalue weighted by Gasteiger charge is -2.16. The molecule has 0 atom stereocenters. The summed E-state index contributed by atoms with van der Waals surface area (Å²) in [6.07, 6.45) is 2.18. The first-order valence-electron chi connectivity index (χ1n) is 5.40. The summed E-state index contributed by atoms with van der Waals surface area (Å²) in [7, 11) is 0. The summed E-state index contributed by atoms with van der Waals surface area (Å²) in [4.78, 5) is 0. The van der Waals surface area contributed by atoms with Crippen molar-refractivity contribution in [3.05, 3.63) is 42.2 Å². The van der Waals surface area contributed by atoms with E-state index in [-0.39, 0.29) is 5.54 Å². The molecule has 78 valence electrons. The molecule has 0 unspecified atom stereocenters. The molecule has 0 N–H and O–H groups in total. The molecular weight excluding hydrogens is 182 g/mol. The van der Waals surface area contributed by atoms with Crippen molar-refractivity contribution < 1.29 is 4.57 Å². The lowest BCUT2D eigenvalue weighted by atomic mass is 10.0. The monoisotopic (exact) mass is 200 g/mol. The van der Waals surface area contributed by atoms with Gasteiger partial charge in [-0.1, -0.05) is 18.2 Å². The number of rotatable bonds is 0. The van der Waals surface area contributed by atoms with Gasteiger partial charge in [-0.05, 0) is 11.5 Å². The topological polar surface area (TPSA) is 3.88 Å². The van der Waals surface area contributed by atoms with E-state index in [0.717, 1.165) is 0 Å². The summed E-state index contributed by atoms with van der Waals surface area (Å²) < 4.78 is 2.33. The minimum atomic E-state index is 0.147. The van der Waals surface area contributed by atoms with E-state index in [4.69, 9.17) is 0 Å². The molecule has 1 heteroatoms. The molecule has 0 radical (unpaired) electrons. The van der Waals surface area contributed by atoms with Gasteiger partial charge in [-0.15, -0.1) is 0 Å². The minimum absolute atomic E-state index is 0.147. The number of aromatic nitrogens is 1. The van der Waals surface area contributed by atoms with Crippen LogP contribution in [0.5, 0.6) is 0 Å². The van der Waals surface area contributed by atoms with Crippen LogP contribution >= 0.6 is 0 Å². The number of aryl methyl sites for hydroxylation is 1. The second-order valence-electron chi connectivity index (χ2n) is 5.03. The molecule has 1 nitrogen and oxygen atoms in total. The fourth-order valence-electron chi connectivity index (χ4n) is 2.09. The minimum Gasteiger partial charge on any atom is -0.198 e. The zero-order chi connectivity index (χ0) is 11.1. The van der Waals surface area contributed by atoms with E-state index in [0.29, 0.717) is 0 Å². The van der Waals surface area contributed by atoms with Crippen LogP contribution in [0.25, 0.3) is 10.8 Å². The van der Waals surface area contributed by atoms with Gasteiger partial charge in [-0.3, -0.25) is 0 Å². The Kier molecular flexibility index (Phi) is 2.26. The number of hydrogen-bond donors (Lipinski definition) is 0. The normalized spacial score (nSPS) is 12.0. The standard InChI is InChI=1S/C14H18N/c1-11-13-8-6-5-7-12(13)9-10-15(11)14(2,3)4/h5-10H,1-4H3/q+1. The van der Waals surface area contributed by atoms with Crippen LogP contribution < -0.4 is 4.57 Å². The van der Waals surface area contributed by atoms with Gasteiger partial charge in [0.15, 0.2) is 17.4 Å². The molecule has 15 heavy (non-hydrogen) atoms. The van der Waals surface area contributed by atoms with E-state index in [1.54, 1.807) is 0 Å². The summed E-state index contributed by atoms with van der Waals surface area (Å²) in [5.74, 6) is 0. The zero-order valence-corrected chi connectivity index (χ0v) is 9.91. The molecule has 0 aliphatic carbocycles. The van der Waals surface area contributed by atoms with Crippen LogP contribution in [0, 0.1) is 6.92 Å². The summed E-state index contributed by atoms with van der Waals surface area (Å²) in [6.45, 7) is 8.88. The molecule has 0 fully saturated rings. The van der Waals surface area contributed by atoms with E-state index in [1.807, 2.05) is 0 Å². The molecule has 2 rings (SSSR count). The SMILES string of the molecule is Cc1c2ccccc2cc[n+]1C(C)(C)C. The lowest BCUT2D eigenvalue weighted by Crippen LogP contribution is -2.52. The number of hydrogen-bond acceptors (Lipinski definition) is 0. The Morgan fingerprint density at radius 1 is 1.00 bits per heavy atom. The van der Waals surface area contributed by atoms with E-state index in [2.05, 4.69) is 68.8 Å². The van der Waals surface area contributed by atoms with Gasteiger partial charge in [0.05, 0.1) is 0 Å². The van der Waals surface area contributed by atoms with E-state index < -0.39 is 0 Å². The predicted octanol–water partition coefficient (Wildman–Crippen LogP) is 3.19. The molecule has 0 amide bonds. The molecule has 0 aliphatic heterocycles. The van der Waals surface area contributed by atoms with Gasteiger partial charge in [0.25, 0.3) is 0 Å². The molecule has 0 saturated carbocycles. The van der Waals surface area contributed by atoms with Gasteiger partial charge in [-0.25, -0.2) is 0 Å². The Bertz CT molecular complexity index is 492. The Labute approximate surface area is 91.4 Å². The van der Waals surface area contributed by atoms with Gasteiger partial charge in [0.1, 0.15) is 0 Å².